The highest BCUT2D eigenvalue weighted by molar-refractivity contribution is 5.90. The zero-order chi connectivity index (χ0) is 31.8. The lowest BCUT2D eigenvalue weighted by Gasteiger charge is -2.62. The smallest absolute Gasteiger partial charge is 0.415 e. The number of piperidine rings is 1. The number of likely N-dealkylation sites (N-methyl/N-ethyl adjacent to an activating group) is 2. The van der Waals surface area contributed by atoms with Crippen molar-refractivity contribution in [2.24, 2.45) is 22.2 Å². The van der Waals surface area contributed by atoms with Crippen LogP contribution in [-0.2, 0) is 26.2 Å². The molecular weight excluding hydrogens is 572 g/mol. The number of hydrogen-bond donors (Lipinski definition) is 6. The Morgan fingerprint density at radius 2 is 2.07 bits per heavy atom. The van der Waals surface area contributed by atoms with Gasteiger partial charge >= 0.3 is 6.09 Å². The van der Waals surface area contributed by atoms with E-state index in [-0.39, 0.29) is 56.0 Å². The zero-order valence-electron chi connectivity index (χ0n) is 25.1. The highest BCUT2D eigenvalue weighted by Gasteiger charge is 2.72. The van der Waals surface area contributed by atoms with Crippen LogP contribution in [0, 0.1) is 0 Å². The van der Waals surface area contributed by atoms with Crippen LogP contribution in [0.2, 0.25) is 0 Å². The second-order valence-corrected chi connectivity index (χ2v) is 12.1. The van der Waals surface area contributed by atoms with Crippen LogP contribution in [0.25, 0.3) is 0 Å². The SMILES string of the molecule is CN(CCNC(=O)[C@H](CCCN=C(N)N)NC(=O)CN)C(=O)Oc1ccc2c3c1O[C@H]1C(=O)CC[C@@]4(O)[C@@H](C2)N(C)CC[C@]314. The van der Waals surface area contributed by atoms with Gasteiger partial charge in [0.1, 0.15) is 6.04 Å². The Morgan fingerprint density at radius 3 is 2.80 bits per heavy atom. The van der Waals surface area contributed by atoms with E-state index < -0.39 is 41.1 Å². The van der Waals surface area contributed by atoms with Gasteiger partial charge in [0.25, 0.3) is 0 Å². The maximum atomic E-state index is 13.1. The lowest BCUT2D eigenvalue weighted by Crippen LogP contribution is -2.76. The molecule has 15 heteroatoms. The van der Waals surface area contributed by atoms with Gasteiger partial charge in [0, 0.05) is 44.7 Å². The van der Waals surface area contributed by atoms with Crippen molar-refractivity contribution in [2.45, 2.75) is 67.7 Å². The molecule has 2 fully saturated rings. The average molecular weight is 615 g/mol. The summed E-state index contributed by atoms with van der Waals surface area (Å²) in [4.78, 5) is 58.2. The molecule has 2 aliphatic heterocycles. The number of nitrogens with one attached hydrogen (secondary N) is 2. The van der Waals surface area contributed by atoms with Crippen molar-refractivity contribution >= 4 is 29.7 Å². The number of amides is 3. The Bertz CT molecular complexity index is 1370. The van der Waals surface area contributed by atoms with Crippen LogP contribution < -0.4 is 37.3 Å². The predicted molar refractivity (Wildman–Crippen MR) is 159 cm³/mol. The molecule has 2 heterocycles. The lowest BCUT2D eigenvalue weighted by atomic mass is 9.49. The van der Waals surface area contributed by atoms with Gasteiger partial charge in [-0.25, -0.2) is 4.79 Å². The van der Waals surface area contributed by atoms with Crippen LogP contribution in [0.5, 0.6) is 11.5 Å². The molecule has 5 rings (SSSR count). The summed E-state index contributed by atoms with van der Waals surface area (Å²) in [6, 6.07) is 2.58. The first kappa shape index (κ1) is 31.5. The number of likely N-dealkylation sites (tertiary alicyclic amines) is 1. The van der Waals surface area contributed by atoms with E-state index in [0.29, 0.717) is 44.5 Å². The molecule has 2 aliphatic carbocycles. The summed E-state index contributed by atoms with van der Waals surface area (Å²) in [5.74, 6) is -0.506. The fourth-order valence-corrected chi connectivity index (χ4v) is 7.36. The summed E-state index contributed by atoms with van der Waals surface area (Å²) in [6.07, 6.45) is 0.978. The van der Waals surface area contributed by atoms with Crippen LogP contribution in [-0.4, -0.2) is 115 Å². The van der Waals surface area contributed by atoms with Crippen molar-refractivity contribution < 1.29 is 33.8 Å². The number of nitrogens with zero attached hydrogens (tertiary/aromatic N) is 3. The summed E-state index contributed by atoms with van der Waals surface area (Å²) in [7, 11) is 3.53. The average Bonchev–Trinajstić information content (AvgIpc) is 3.35. The van der Waals surface area contributed by atoms with E-state index in [0.717, 1.165) is 11.1 Å². The molecule has 1 spiro atoms. The van der Waals surface area contributed by atoms with E-state index in [1.807, 2.05) is 13.1 Å². The zero-order valence-corrected chi connectivity index (χ0v) is 25.1. The van der Waals surface area contributed by atoms with E-state index in [4.69, 9.17) is 26.7 Å². The fourth-order valence-electron chi connectivity index (χ4n) is 7.36. The Balaban J connectivity index is 1.24. The van der Waals surface area contributed by atoms with E-state index in [9.17, 15) is 24.3 Å². The standard InChI is InChI=1S/C29H42N8O7/c1-36-12-9-28-22-16-5-6-19(23(22)44-24(28)18(38)7-8-29(28,42)20(36)14-16)43-27(41)37(2)13-11-33-25(40)17(35-21(39)15-30)4-3-10-34-26(31)32/h5-6,17,20,24,42H,3-4,7-15,30H2,1-2H3,(H,33,40)(H,35,39)(H4,31,32,34)/t17-,20+,24-,28-,29+/m0/s1. The van der Waals surface area contributed by atoms with Crippen molar-refractivity contribution in [1.82, 2.24) is 20.4 Å². The molecule has 5 atom stereocenters. The highest BCUT2D eigenvalue weighted by Crippen LogP contribution is 2.64. The van der Waals surface area contributed by atoms with Crippen LogP contribution >= 0.6 is 0 Å². The minimum atomic E-state index is -1.12. The molecule has 2 bridgehead atoms. The number of guanidine groups is 1. The summed E-state index contributed by atoms with van der Waals surface area (Å²) in [6.45, 7) is 0.928. The maximum Gasteiger partial charge on any atom is 0.415 e. The van der Waals surface area contributed by atoms with Crippen LogP contribution in [0.3, 0.4) is 0 Å². The van der Waals surface area contributed by atoms with Gasteiger partial charge in [0.15, 0.2) is 29.3 Å². The van der Waals surface area contributed by atoms with Gasteiger partial charge in [0.2, 0.25) is 11.8 Å². The van der Waals surface area contributed by atoms with E-state index in [2.05, 4.69) is 20.5 Å². The number of Topliss-reactive ketones (excluding diaryl/α,β-unsaturated/α-hetero) is 1. The Labute approximate surface area is 255 Å². The predicted octanol–water partition coefficient (Wildman–Crippen LogP) is -1.92. The third-order valence-electron chi connectivity index (χ3n) is 9.55. The van der Waals surface area contributed by atoms with E-state index >= 15 is 0 Å². The number of carbonyl (C=O) groups is 4. The van der Waals surface area contributed by atoms with Gasteiger partial charge < -0.3 is 52.2 Å². The second kappa shape index (κ2) is 12.2. The number of nitrogens with two attached hydrogens (primary N) is 3. The van der Waals surface area contributed by atoms with Crippen molar-refractivity contribution in [3.63, 3.8) is 0 Å². The fraction of sp³-hybridized carbons (Fsp3) is 0.621. The number of aliphatic imine (C=N–C) groups is 1. The first-order valence-electron chi connectivity index (χ1n) is 15.0. The van der Waals surface area contributed by atoms with Gasteiger partial charge in [-0.15, -0.1) is 0 Å². The topological polar surface area (TPSA) is 228 Å². The Hall–Kier alpha value is -3.95. The normalized spacial score (nSPS) is 27.0. The molecule has 1 saturated carbocycles. The number of benzene rings is 1. The molecular formula is C29H42N8O7. The number of ether oxygens (including phenoxy) is 2. The molecule has 0 radical (unpaired) electrons. The minimum Gasteiger partial charge on any atom is -0.477 e. The molecule has 0 aromatic heterocycles. The quantitative estimate of drug-likeness (QED) is 0.0915. The first-order chi connectivity index (χ1) is 20.9. The van der Waals surface area contributed by atoms with E-state index in [1.165, 1.54) is 11.9 Å². The summed E-state index contributed by atoms with van der Waals surface area (Å²) in [5, 5.41) is 17.4. The van der Waals surface area contributed by atoms with Crippen molar-refractivity contribution in [3.05, 3.63) is 23.3 Å². The summed E-state index contributed by atoms with van der Waals surface area (Å²) >= 11 is 0. The molecule has 1 aromatic carbocycles. The molecule has 1 aromatic rings. The highest BCUT2D eigenvalue weighted by atomic mass is 16.6. The number of rotatable bonds is 11. The maximum absolute atomic E-state index is 13.1. The number of ketones is 1. The van der Waals surface area contributed by atoms with Gasteiger partial charge in [-0.3, -0.25) is 19.4 Å². The van der Waals surface area contributed by atoms with Gasteiger partial charge in [-0.2, -0.15) is 0 Å². The number of carbonyl (C=O) groups excluding carboxylic acids is 4. The summed E-state index contributed by atoms with van der Waals surface area (Å²) in [5.41, 5.74) is 15.8. The lowest BCUT2D eigenvalue weighted by molar-refractivity contribution is -0.185. The first-order valence-corrected chi connectivity index (χ1v) is 15.0. The van der Waals surface area contributed by atoms with Gasteiger partial charge in [-0.05, 0) is 57.3 Å². The molecule has 9 N–H and O–H groups in total. The van der Waals surface area contributed by atoms with Crippen molar-refractivity contribution in [3.8, 4) is 11.5 Å². The van der Waals surface area contributed by atoms with Crippen molar-refractivity contribution in [2.75, 3.05) is 46.8 Å². The number of aliphatic hydroxyl groups is 1. The van der Waals surface area contributed by atoms with Gasteiger partial charge in [0.05, 0.1) is 17.6 Å². The van der Waals surface area contributed by atoms with Crippen molar-refractivity contribution in [1.29, 1.82) is 0 Å². The largest absolute Gasteiger partial charge is 0.477 e. The van der Waals surface area contributed by atoms with E-state index in [1.54, 1.807) is 6.07 Å². The molecule has 240 valence electrons. The Kier molecular flexibility index (Phi) is 8.73. The molecule has 1 saturated heterocycles. The summed E-state index contributed by atoms with van der Waals surface area (Å²) < 4.78 is 12.1. The molecule has 3 amide bonds. The van der Waals surface area contributed by atoms with Crippen LogP contribution in [0.4, 0.5) is 4.79 Å². The monoisotopic (exact) mass is 614 g/mol. The molecule has 44 heavy (non-hydrogen) atoms. The van der Waals surface area contributed by atoms with Crippen LogP contribution in [0.15, 0.2) is 17.1 Å². The third kappa shape index (κ3) is 5.32. The third-order valence-corrected chi connectivity index (χ3v) is 9.55. The second-order valence-electron chi connectivity index (χ2n) is 12.1. The molecule has 4 aliphatic rings. The Morgan fingerprint density at radius 1 is 1.30 bits per heavy atom. The number of hydrogen-bond acceptors (Lipinski definition) is 10. The van der Waals surface area contributed by atoms with Gasteiger partial charge in [-0.1, -0.05) is 6.07 Å². The van der Waals surface area contributed by atoms with Crippen LogP contribution in [0.1, 0.15) is 43.2 Å². The molecule has 15 nitrogen and oxygen atoms in total. The molecule has 0 unspecified atom stereocenters. The minimum absolute atomic E-state index is 0.0515.